The Hall–Kier alpha value is -0.550. The van der Waals surface area contributed by atoms with E-state index in [4.69, 9.17) is 9.47 Å². The second-order valence-corrected chi connectivity index (χ2v) is 5.79. The molecule has 0 spiro atoms. The zero-order valence-corrected chi connectivity index (χ0v) is 13.9. The Labute approximate surface area is 134 Å². The molecule has 0 amide bonds. The fourth-order valence-electron chi connectivity index (χ4n) is 1.65. The Morgan fingerprint density at radius 1 is 1.45 bits per heavy atom. The van der Waals surface area contributed by atoms with Crippen molar-refractivity contribution in [1.82, 2.24) is 9.38 Å². The molecular weight excluding hydrogens is 456 g/mol. The minimum absolute atomic E-state index is 0.0122. The van der Waals surface area contributed by atoms with Crippen LogP contribution in [-0.2, 0) is 11.2 Å². The van der Waals surface area contributed by atoms with Crippen molar-refractivity contribution < 1.29 is 22.6 Å². The normalized spacial score (nSPS) is 12.1. The van der Waals surface area contributed by atoms with Gasteiger partial charge in [-0.15, -0.1) is 0 Å². The maximum absolute atomic E-state index is 12.6. The highest BCUT2D eigenvalue weighted by molar-refractivity contribution is 14.1. The molecule has 0 saturated carbocycles. The third-order valence-electron chi connectivity index (χ3n) is 2.41. The summed E-state index contributed by atoms with van der Waals surface area (Å²) in [6.45, 7) is 0.0122. The van der Waals surface area contributed by atoms with E-state index in [1.54, 1.807) is 28.7 Å². The molecule has 2 rings (SSSR count). The maximum atomic E-state index is 12.6. The molecule has 0 bridgehead atoms. The van der Waals surface area contributed by atoms with Crippen molar-refractivity contribution in [2.45, 2.75) is 12.6 Å². The van der Waals surface area contributed by atoms with Crippen LogP contribution in [-0.4, -0.2) is 29.5 Å². The first-order valence-electron chi connectivity index (χ1n) is 5.36. The first-order chi connectivity index (χ1) is 9.31. The highest BCUT2D eigenvalue weighted by Crippen LogP contribution is 2.30. The Balaban J connectivity index is 2.51. The lowest BCUT2D eigenvalue weighted by atomic mass is 10.3. The summed E-state index contributed by atoms with van der Waals surface area (Å²) < 4.78 is 50.1. The molecule has 20 heavy (non-hydrogen) atoms. The average molecular weight is 465 g/mol. The number of halogens is 5. The number of methoxy groups -OCH3 is 1. The minimum atomic E-state index is -4.30. The van der Waals surface area contributed by atoms with Gasteiger partial charge in [-0.05, 0) is 44.6 Å². The van der Waals surface area contributed by atoms with Crippen molar-refractivity contribution in [2.75, 3.05) is 13.9 Å². The van der Waals surface area contributed by atoms with E-state index >= 15 is 0 Å². The molecule has 110 valence electrons. The Morgan fingerprint density at radius 3 is 2.75 bits per heavy atom. The summed E-state index contributed by atoms with van der Waals surface area (Å²) in [5.41, 5.74) is 0.495. The topological polar surface area (TPSA) is 35.8 Å². The highest BCUT2D eigenvalue weighted by Gasteiger charge is 2.31. The van der Waals surface area contributed by atoms with Gasteiger partial charge in [0.25, 0.3) is 0 Å². The van der Waals surface area contributed by atoms with Gasteiger partial charge in [0.1, 0.15) is 9.45 Å². The van der Waals surface area contributed by atoms with Crippen molar-refractivity contribution >= 4 is 44.2 Å². The number of hydrogen-bond donors (Lipinski definition) is 0. The third kappa shape index (κ3) is 3.55. The number of ether oxygens (including phenoxy) is 2. The van der Waals surface area contributed by atoms with Crippen molar-refractivity contribution in [3.63, 3.8) is 0 Å². The van der Waals surface area contributed by atoms with Crippen LogP contribution < -0.4 is 4.74 Å². The van der Waals surface area contributed by atoms with Crippen molar-refractivity contribution in [3.8, 4) is 5.75 Å². The number of fused-ring (bicyclic) bond motifs is 1. The third-order valence-corrected chi connectivity index (χ3v) is 3.86. The van der Waals surface area contributed by atoms with Crippen molar-refractivity contribution in [3.05, 3.63) is 26.1 Å². The summed E-state index contributed by atoms with van der Waals surface area (Å²) in [6.07, 6.45) is -3.88. The van der Waals surface area contributed by atoms with E-state index in [0.717, 1.165) is 0 Å². The molecule has 4 nitrogen and oxygen atoms in total. The van der Waals surface area contributed by atoms with Gasteiger partial charge >= 0.3 is 6.18 Å². The number of rotatable bonds is 4. The first kappa shape index (κ1) is 15.8. The minimum Gasteiger partial charge on any atom is -0.466 e. The van der Waals surface area contributed by atoms with Gasteiger partial charge in [0, 0.05) is 7.11 Å². The molecule has 2 aromatic rings. The van der Waals surface area contributed by atoms with Crippen molar-refractivity contribution in [2.24, 2.45) is 0 Å². The molecule has 2 aromatic heterocycles. The smallest absolute Gasteiger partial charge is 0.394 e. The zero-order valence-electron chi connectivity index (χ0n) is 10.2. The van der Waals surface area contributed by atoms with Crippen LogP contribution in [0.2, 0.25) is 0 Å². The number of imidazole rings is 1. The van der Waals surface area contributed by atoms with Gasteiger partial charge in [-0.1, -0.05) is 0 Å². The lowest BCUT2D eigenvalue weighted by Crippen LogP contribution is -2.14. The average Bonchev–Trinajstić information content (AvgIpc) is 2.63. The van der Waals surface area contributed by atoms with Crippen LogP contribution >= 0.6 is 38.5 Å². The molecule has 0 radical (unpaired) electrons. The van der Waals surface area contributed by atoms with Crippen LogP contribution in [0.25, 0.3) is 5.65 Å². The first-order valence-corrected chi connectivity index (χ1v) is 7.23. The lowest BCUT2D eigenvalue weighted by molar-refractivity contribution is -0.128. The fraction of sp³-hybridized carbons (Fsp3) is 0.364. The van der Waals surface area contributed by atoms with Crippen LogP contribution in [0.1, 0.15) is 5.69 Å². The second-order valence-electron chi connectivity index (χ2n) is 3.91. The van der Waals surface area contributed by atoms with Gasteiger partial charge in [0.2, 0.25) is 0 Å². The molecule has 0 atom stereocenters. The van der Waals surface area contributed by atoms with E-state index in [1.165, 1.54) is 17.7 Å². The monoisotopic (exact) mass is 464 g/mol. The number of nitrogens with zero attached hydrogens (tertiary/aromatic N) is 2. The molecule has 0 aliphatic carbocycles. The molecule has 0 aromatic carbocycles. The van der Waals surface area contributed by atoms with E-state index in [0.29, 0.717) is 19.6 Å². The summed E-state index contributed by atoms with van der Waals surface area (Å²) >= 11 is 5.07. The quantitative estimate of drug-likeness (QED) is 0.510. The van der Waals surface area contributed by atoms with Gasteiger partial charge in [0.05, 0.1) is 22.8 Å². The SMILES string of the molecule is COCOc1cc(Br)c2nc(I)c(CC(F)(F)F)n2c1. The van der Waals surface area contributed by atoms with E-state index < -0.39 is 12.6 Å². The summed E-state index contributed by atoms with van der Waals surface area (Å²) in [4.78, 5) is 4.13. The molecule has 0 N–H and O–H groups in total. The summed E-state index contributed by atoms with van der Waals surface area (Å²) in [7, 11) is 1.46. The van der Waals surface area contributed by atoms with Gasteiger partial charge in [-0.2, -0.15) is 13.2 Å². The summed E-state index contributed by atoms with van der Waals surface area (Å²) in [6, 6.07) is 1.63. The van der Waals surface area contributed by atoms with Gasteiger partial charge in [-0.3, -0.25) is 4.40 Å². The predicted octanol–water partition coefficient (Wildman–Crippen LogP) is 3.79. The van der Waals surface area contributed by atoms with Crippen LogP contribution in [0, 0.1) is 3.70 Å². The fourth-order valence-corrected chi connectivity index (χ4v) is 2.84. The van der Waals surface area contributed by atoms with E-state index in [9.17, 15) is 13.2 Å². The van der Waals surface area contributed by atoms with Crippen LogP contribution in [0.4, 0.5) is 13.2 Å². The van der Waals surface area contributed by atoms with Crippen LogP contribution in [0.5, 0.6) is 5.75 Å². The molecule has 0 aliphatic rings. The molecule has 0 aliphatic heterocycles. The molecule has 0 unspecified atom stereocenters. The summed E-state index contributed by atoms with van der Waals surface area (Å²) in [5.74, 6) is 0.392. The number of pyridine rings is 1. The van der Waals surface area contributed by atoms with Crippen LogP contribution in [0.15, 0.2) is 16.7 Å². The Kier molecular flexibility index (Phi) is 4.80. The van der Waals surface area contributed by atoms with Crippen LogP contribution in [0.3, 0.4) is 0 Å². The number of aromatic nitrogens is 2. The van der Waals surface area contributed by atoms with E-state index in [-0.39, 0.29) is 12.5 Å². The largest absolute Gasteiger partial charge is 0.466 e. The molecular formula is C11H9BrF3IN2O2. The van der Waals surface area contributed by atoms with Gasteiger partial charge < -0.3 is 9.47 Å². The molecule has 0 saturated heterocycles. The van der Waals surface area contributed by atoms with E-state index in [1.807, 2.05) is 0 Å². The molecule has 0 fully saturated rings. The molecule has 2 heterocycles. The van der Waals surface area contributed by atoms with Crippen molar-refractivity contribution in [1.29, 1.82) is 0 Å². The Morgan fingerprint density at radius 2 is 2.15 bits per heavy atom. The Bertz CT molecular complexity index is 630. The second kappa shape index (κ2) is 6.06. The van der Waals surface area contributed by atoms with E-state index in [2.05, 4.69) is 20.9 Å². The standard InChI is InChI=1S/C11H9BrF3IN2O2/c1-19-5-20-6-2-7(12)10-17-9(16)8(18(10)4-6)3-11(13,14)15/h2,4H,3,5H2,1H3. The maximum Gasteiger partial charge on any atom is 0.394 e. The number of alkyl halides is 3. The van der Waals surface area contributed by atoms with Gasteiger partial charge in [0.15, 0.2) is 12.4 Å². The predicted molar refractivity (Wildman–Crippen MR) is 77.9 cm³/mol. The van der Waals surface area contributed by atoms with Gasteiger partial charge in [-0.25, -0.2) is 4.98 Å². The lowest BCUT2D eigenvalue weighted by Gasteiger charge is -2.09. The highest BCUT2D eigenvalue weighted by atomic mass is 127. The molecule has 9 heteroatoms. The summed E-state index contributed by atoms with van der Waals surface area (Å²) in [5, 5.41) is 0. The number of hydrogen-bond acceptors (Lipinski definition) is 3. The zero-order chi connectivity index (χ0) is 14.9.